The van der Waals surface area contributed by atoms with Gasteiger partial charge in [-0.1, -0.05) is 23.7 Å². The minimum absolute atomic E-state index is 0.00285. The van der Waals surface area contributed by atoms with E-state index in [0.717, 1.165) is 5.56 Å². The summed E-state index contributed by atoms with van der Waals surface area (Å²) >= 11 is 5.85. The van der Waals surface area contributed by atoms with Crippen LogP contribution in [0.4, 0.5) is 0 Å². The Morgan fingerprint density at radius 3 is 2.62 bits per heavy atom. The highest BCUT2D eigenvalue weighted by Gasteiger charge is 2.16. The van der Waals surface area contributed by atoms with E-state index in [0.29, 0.717) is 22.6 Å². The lowest BCUT2D eigenvalue weighted by Crippen LogP contribution is -2.09. The molecule has 0 spiro atoms. The lowest BCUT2D eigenvalue weighted by molar-refractivity contribution is 0.0686. The van der Waals surface area contributed by atoms with Crippen LogP contribution in [0, 0.1) is 0 Å². The summed E-state index contributed by atoms with van der Waals surface area (Å²) in [6.45, 7) is 0.361. The number of aromatic hydroxyl groups is 1. The molecule has 0 aliphatic carbocycles. The molecular formula is C15H11ClN2O3. The van der Waals surface area contributed by atoms with Crippen LogP contribution in [0.2, 0.25) is 5.02 Å². The maximum atomic E-state index is 11.4. The van der Waals surface area contributed by atoms with E-state index < -0.39 is 5.97 Å². The smallest absolute Gasteiger partial charge is 0.352 e. The van der Waals surface area contributed by atoms with Gasteiger partial charge in [-0.15, -0.1) is 0 Å². The number of carboxylic acid groups (broad SMARTS) is 1. The number of aromatic carboxylic acids is 1. The highest BCUT2D eigenvalue weighted by atomic mass is 35.5. The van der Waals surface area contributed by atoms with Crippen LogP contribution in [0.5, 0.6) is 5.75 Å². The molecule has 5 nitrogen and oxygen atoms in total. The number of benzene rings is 1. The molecule has 0 bridgehead atoms. The summed E-state index contributed by atoms with van der Waals surface area (Å²) in [5.41, 5.74) is 1.55. The molecule has 0 atom stereocenters. The van der Waals surface area contributed by atoms with Crippen molar-refractivity contribution >= 4 is 28.6 Å². The fourth-order valence-electron chi connectivity index (χ4n) is 2.24. The molecule has 0 saturated carbocycles. The number of halogens is 1. The first kappa shape index (κ1) is 13.5. The van der Waals surface area contributed by atoms with E-state index in [1.807, 2.05) is 12.1 Å². The molecule has 0 saturated heterocycles. The molecule has 0 unspecified atom stereocenters. The minimum atomic E-state index is -1.04. The van der Waals surface area contributed by atoms with E-state index in [4.69, 9.17) is 11.6 Å². The molecule has 21 heavy (non-hydrogen) atoms. The predicted molar refractivity (Wildman–Crippen MR) is 78.9 cm³/mol. The van der Waals surface area contributed by atoms with Crippen LogP contribution in [0.15, 0.2) is 42.6 Å². The molecule has 6 heteroatoms. The van der Waals surface area contributed by atoms with Crippen LogP contribution < -0.4 is 0 Å². The molecule has 3 aromatic rings. The third-order valence-corrected chi connectivity index (χ3v) is 3.44. The van der Waals surface area contributed by atoms with Crippen molar-refractivity contribution in [1.82, 2.24) is 9.55 Å². The number of nitrogens with zero attached hydrogens (tertiary/aromatic N) is 2. The lowest BCUT2D eigenvalue weighted by atomic mass is 10.2. The van der Waals surface area contributed by atoms with Gasteiger partial charge in [0.2, 0.25) is 0 Å². The summed E-state index contributed by atoms with van der Waals surface area (Å²) in [5, 5.41) is 20.0. The first-order valence-electron chi connectivity index (χ1n) is 6.20. The van der Waals surface area contributed by atoms with Gasteiger partial charge in [0, 0.05) is 17.0 Å². The average molecular weight is 303 g/mol. The van der Waals surface area contributed by atoms with Crippen LogP contribution >= 0.6 is 11.6 Å². The van der Waals surface area contributed by atoms with E-state index >= 15 is 0 Å². The van der Waals surface area contributed by atoms with Gasteiger partial charge >= 0.3 is 5.97 Å². The molecule has 2 N–H and O–H groups in total. The Morgan fingerprint density at radius 2 is 1.95 bits per heavy atom. The first-order chi connectivity index (χ1) is 10.0. The number of fused-ring (bicyclic) bond motifs is 1. The van der Waals surface area contributed by atoms with Gasteiger partial charge in [-0.3, -0.25) is 0 Å². The fourth-order valence-corrected chi connectivity index (χ4v) is 2.37. The van der Waals surface area contributed by atoms with Crippen molar-refractivity contribution in [3.8, 4) is 5.75 Å². The van der Waals surface area contributed by atoms with Crippen LogP contribution in [-0.2, 0) is 6.54 Å². The Bertz CT molecular complexity index is 825. The summed E-state index contributed by atoms with van der Waals surface area (Å²) in [5.74, 6) is -1.04. The van der Waals surface area contributed by atoms with Gasteiger partial charge < -0.3 is 14.8 Å². The van der Waals surface area contributed by atoms with Gasteiger partial charge in [0.1, 0.15) is 17.1 Å². The zero-order valence-electron chi connectivity index (χ0n) is 10.8. The van der Waals surface area contributed by atoms with Gasteiger partial charge in [-0.25, -0.2) is 9.78 Å². The van der Waals surface area contributed by atoms with Crippen molar-refractivity contribution in [3.63, 3.8) is 0 Å². The highest BCUT2D eigenvalue weighted by Crippen LogP contribution is 2.23. The van der Waals surface area contributed by atoms with E-state index in [9.17, 15) is 15.0 Å². The minimum Gasteiger partial charge on any atom is -0.506 e. The van der Waals surface area contributed by atoms with Gasteiger partial charge in [0.15, 0.2) is 0 Å². The maximum absolute atomic E-state index is 11.4. The van der Waals surface area contributed by atoms with E-state index in [1.165, 1.54) is 18.3 Å². The molecule has 0 amide bonds. The molecule has 1 aromatic carbocycles. The number of pyridine rings is 1. The van der Waals surface area contributed by atoms with Gasteiger partial charge in [-0.05, 0) is 29.8 Å². The lowest BCUT2D eigenvalue weighted by Gasteiger charge is -2.08. The van der Waals surface area contributed by atoms with Crippen molar-refractivity contribution in [1.29, 1.82) is 0 Å². The largest absolute Gasteiger partial charge is 0.506 e. The molecule has 106 valence electrons. The van der Waals surface area contributed by atoms with Crippen molar-refractivity contribution in [2.24, 2.45) is 0 Å². The second-order valence-electron chi connectivity index (χ2n) is 4.65. The molecule has 3 rings (SSSR count). The quantitative estimate of drug-likeness (QED) is 0.779. The number of rotatable bonds is 3. The Balaban J connectivity index is 2.13. The maximum Gasteiger partial charge on any atom is 0.352 e. The molecule has 2 aromatic heterocycles. The summed E-state index contributed by atoms with van der Waals surface area (Å²) in [7, 11) is 0. The Morgan fingerprint density at radius 1 is 1.24 bits per heavy atom. The first-order valence-corrected chi connectivity index (χ1v) is 6.58. The molecule has 0 radical (unpaired) electrons. The predicted octanol–water partition coefficient (Wildman–Crippen LogP) is 3.14. The molecule has 0 aliphatic rings. The molecule has 2 heterocycles. The fraction of sp³-hybridized carbons (Fsp3) is 0.0667. The van der Waals surface area contributed by atoms with Crippen molar-refractivity contribution in [2.45, 2.75) is 6.54 Å². The summed E-state index contributed by atoms with van der Waals surface area (Å²) in [4.78, 5) is 15.5. The third kappa shape index (κ3) is 2.55. The van der Waals surface area contributed by atoms with Gasteiger partial charge in [0.25, 0.3) is 0 Å². The van der Waals surface area contributed by atoms with Crippen molar-refractivity contribution < 1.29 is 15.0 Å². The van der Waals surface area contributed by atoms with Crippen LogP contribution in [0.3, 0.4) is 0 Å². The highest BCUT2D eigenvalue weighted by molar-refractivity contribution is 6.30. The number of aromatic nitrogens is 2. The van der Waals surface area contributed by atoms with Gasteiger partial charge in [-0.2, -0.15) is 0 Å². The molecule has 0 aliphatic heterocycles. The van der Waals surface area contributed by atoms with Crippen LogP contribution in [-0.4, -0.2) is 25.7 Å². The zero-order valence-corrected chi connectivity index (χ0v) is 11.6. The van der Waals surface area contributed by atoms with Crippen molar-refractivity contribution in [3.05, 3.63) is 58.9 Å². The Labute approximate surface area is 125 Å². The number of hydrogen-bond donors (Lipinski definition) is 2. The second-order valence-corrected chi connectivity index (χ2v) is 5.09. The second kappa shape index (κ2) is 5.10. The van der Waals surface area contributed by atoms with Crippen LogP contribution in [0.25, 0.3) is 11.0 Å². The summed E-state index contributed by atoms with van der Waals surface area (Å²) in [6, 6.07) is 10.2. The zero-order chi connectivity index (χ0) is 15.0. The number of carbonyl (C=O) groups is 1. The number of hydrogen-bond acceptors (Lipinski definition) is 3. The normalized spacial score (nSPS) is 10.9. The SMILES string of the molecule is O=C(O)c1cc2cc(O)cnc2n1Cc1ccc(Cl)cc1. The summed E-state index contributed by atoms with van der Waals surface area (Å²) < 4.78 is 1.60. The Kier molecular flexibility index (Phi) is 3.27. The monoisotopic (exact) mass is 302 g/mol. The van der Waals surface area contributed by atoms with E-state index in [1.54, 1.807) is 16.7 Å². The van der Waals surface area contributed by atoms with E-state index in [-0.39, 0.29) is 11.4 Å². The van der Waals surface area contributed by atoms with Crippen molar-refractivity contribution in [2.75, 3.05) is 0 Å². The average Bonchev–Trinajstić information content (AvgIpc) is 2.79. The van der Waals surface area contributed by atoms with E-state index in [2.05, 4.69) is 4.98 Å². The molecule has 0 fully saturated rings. The van der Waals surface area contributed by atoms with Gasteiger partial charge in [0.05, 0.1) is 6.20 Å². The topological polar surface area (TPSA) is 75.3 Å². The standard InChI is InChI=1S/C15H11ClN2O3/c16-11-3-1-9(2-4-11)8-18-13(15(20)21)6-10-5-12(19)7-17-14(10)18/h1-7,19H,8H2,(H,20,21). The number of carboxylic acids is 1. The third-order valence-electron chi connectivity index (χ3n) is 3.19. The van der Waals surface area contributed by atoms with Crippen LogP contribution in [0.1, 0.15) is 16.1 Å². The summed E-state index contributed by atoms with van der Waals surface area (Å²) in [6.07, 6.45) is 1.30. The Hall–Kier alpha value is -2.53. The molecular weight excluding hydrogens is 292 g/mol.